The van der Waals surface area contributed by atoms with Crippen molar-refractivity contribution in [1.82, 2.24) is 14.8 Å². The summed E-state index contributed by atoms with van der Waals surface area (Å²) in [5.74, 6) is 0.317. The molecule has 1 aromatic heterocycles. The summed E-state index contributed by atoms with van der Waals surface area (Å²) >= 11 is 0. The van der Waals surface area contributed by atoms with Gasteiger partial charge in [0.2, 0.25) is 0 Å². The van der Waals surface area contributed by atoms with Crippen LogP contribution >= 0.6 is 0 Å². The first kappa shape index (κ1) is 14.8. The van der Waals surface area contributed by atoms with Crippen LogP contribution in [0.2, 0.25) is 0 Å². The fourth-order valence-electron chi connectivity index (χ4n) is 2.50. The van der Waals surface area contributed by atoms with Gasteiger partial charge in [0.25, 0.3) is 0 Å². The van der Waals surface area contributed by atoms with Crippen LogP contribution in [0, 0.1) is 0 Å². The number of aromatic nitrogens is 3. The Hall–Kier alpha value is -3.15. The van der Waals surface area contributed by atoms with Crippen LogP contribution in [-0.4, -0.2) is 27.8 Å². The zero-order valence-electron chi connectivity index (χ0n) is 12.9. The van der Waals surface area contributed by atoms with E-state index in [0.717, 1.165) is 22.5 Å². The quantitative estimate of drug-likeness (QED) is 0.594. The number of hydrogen-bond acceptors (Lipinski definition) is 5. The Morgan fingerprint density at radius 3 is 2.57 bits per heavy atom. The maximum atomic E-state index is 11.8. The first-order valence-corrected chi connectivity index (χ1v) is 7.03. The summed E-state index contributed by atoms with van der Waals surface area (Å²) in [5, 5.41) is 8.08. The van der Waals surface area contributed by atoms with Crippen molar-refractivity contribution >= 4 is 11.7 Å². The fraction of sp³-hybridized carbons (Fsp3) is 0.118. The van der Waals surface area contributed by atoms with E-state index in [1.807, 2.05) is 41.9 Å². The fourth-order valence-corrected chi connectivity index (χ4v) is 2.50. The van der Waals surface area contributed by atoms with Gasteiger partial charge in [0.1, 0.15) is 6.33 Å². The molecule has 23 heavy (non-hydrogen) atoms. The maximum Gasteiger partial charge on any atom is 0.337 e. The van der Waals surface area contributed by atoms with Gasteiger partial charge in [0, 0.05) is 18.3 Å². The third-order valence-corrected chi connectivity index (χ3v) is 3.57. The minimum atomic E-state index is -0.422. The van der Waals surface area contributed by atoms with Gasteiger partial charge in [-0.05, 0) is 29.3 Å². The topological polar surface area (TPSA) is 83.0 Å². The van der Waals surface area contributed by atoms with E-state index in [2.05, 4.69) is 10.2 Å². The summed E-state index contributed by atoms with van der Waals surface area (Å²) in [6, 6.07) is 13.0. The van der Waals surface area contributed by atoms with E-state index in [1.54, 1.807) is 18.5 Å². The molecule has 116 valence electrons. The van der Waals surface area contributed by atoms with Gasteiger partial charge in [-0.1, -0.05) is 24.3 Å². The van der Waals surface area contributed by atoms with E-state index < -0.39 is 5.97 Å². The monoisotopic (exact) mass is 308 g/mol. The lowest BCUT2D eigenvalue weighted by Gasteiger charge is -2.11. The number of hydrogen-bond donors (Lipinski definition) is 1. The van der Waals surface area contributed by atoms with Crippen LogP contribution in [0.15, 0.2) is 48.8 Å². The number of aryl methyl sites for hydroxylation is 1. The van der Waals surface area contributed by atoms with Gasteiger partial charge >= 0.3 is 5.97 Å². The molecule has 0 bridgehead atoms. The predicted molar refractivity (Wildman–Crippen MR) is 87.6 cm³/mol. The SMILES string of the molecule is COC(=O)c1cc(N)cc(-c2ccccc2-c2nncn2C)c1. The van der Waals surface area contributed by atoms with E-state index in [-0.39, 0.29) is 0 Å². The molecule has 0 aliphatic heterocycles. The van der Waals surface area contributed by atoms with Crippen molar-refractivity contribution in [2.24, 2.45) is 7.05 Å². The molecule has 0 aliphatic carbocycles. The average molecular weight is 308 g/mol. The van der Waals surface area contributed by atoms with Crippen molar-refractivity contribution in [3.05, 3.63) is 54.4 Å². The first-order valence-electron chi connectivity index (χ1n) is 7.03. The van der Waals surface area contributed by atoms with E-state index in [1.165, 1.54) is 7.11 Å². The molecular weight excluding hydrogens is 292 g/mol. The lowest BCUT2D eigenvalue weighted by molar-refractivity contribution is 0.0601. The second-order valence-corrected chi connectivity index (χ2v) is 5.15. The number of benzene rings is 2. The van der Waals surface area contributed by atoms with Crippen molar-refractivity contribution < 1.29 is 9.53 Å². The molecule has 0 saturated carbocycles. The predicted octanol–water partition coefficient (Wildman–Crippen LogP) is 2.52. The zero-order valence-corrected chi connectivity index (χ0v) is 12.9. The van der Waals surface area contributed by atoms with Crippen molar-refractivity contribution in [2.75, 3.05) is 12.8 Å². The molecule has 6 nitrogen and oxygen atoms in total. The Bertz CT molecular complexity index is 871. The van der Waals surface area contributed by atoms with Crippen molar-refractivity contribution in [2.45, 2.75) is 0 Å². The smallest absolute Gasteiger partial charge is 0.337 e. The van der Waals surface area contributed by atoms with Crippen LogP contribution < -0.4 is 5.73 Å². The highest BCUT2D eigenvalue weighted by Crippen LogP contribution is 2.32. The maximum absolute atomic E-state index is 11.8. The minimum Gasteiger partial charge on any atom is -0.465 e. The highest BCUT2D eigenvalue weighted by Gasteiger charge is 2.14. The molecule has 0 amide bonds. The number of esters is 1. The Morgan fingerprint density at radius 1 is 1.17 bits per heavy atom. The van der Waals surface area contributed by atoms with Crippen LogP contribution in [0.5, 0.6) is 0 Å². The van der Waals surface area contributed by atoms with Crippen LogP contribution in [-0.2, 0) is 11.8 Å². The van der Waals surface area contributed by atoms with Gasteiger partial charge in [-0.3, -0.25) is 0 Å². The molecule has 0 spiro atoms. The zero-order chi connectivity index (χ0) is 16.4. The van der Waals surface area contributed by atoms with Gasteiger partial charge in [0.15, 0.2) is 5.82 Å². The minimum absolute atomic E-state index is 0.412. The summed E-state index contributed by atoms with van der Waals surface area (Å²) < 4.78 is 6.62. The number of ether oxygens (including phenoxy) is 1. The third-order valence-electron chi connectivity index (χ3n) is 3.57. The summed E-state index contributed by atoms with van der Waals surface area (Å²) in [5.41, 5.74) is 9.51. The average Bonchev–Trinajstić information content (AvgIpc) is 2.99. The molecule has 3 rings (SSSR count). The molecule has 1 heterocycles. The molecule has 0 radical (unpaired) electrons. The van der Waals surface area contributed by atoms with Gasteiger partial charge < -0.3 is 15.0 Å². The Kier molecular flexibility index (Phi) is 3.80. The molecule has 2 N–H and O–H groups in total. The summed E-state index contributed by atoms with van der Waals surface area (Å²) in [7, 11) is 3.23. The standard InChI is InChI=1S/C17H16N4O2/c1-21-10-19-20-16(21)15-6-4-3-5-14(15)11-7-12(17(22)23-2)9-13(18)8-11/h3-10H,18H2,1-2H3. The number of nitrogens with two attached hydrogens (primary N) is 1. The summed E-state index contributed by atoms with van der Waals surface area (Å²) in [6.07, 6.45) is 1.64. The van der Waals surface area contributed by atoms with Crippen LogP contribution in [0.25, 0.3) is 22.5 Å². The number of anilines is 1. The Labute approximate surface area is 133 Å². The first-order chi connectivity index (χ1) is 11.1. The van der Waals surface area contributed by atoms with Gasteiger partial charge in [-0.25, -0.2) is 4.79 Å². The normalized spacial score (nSPS) is 10.5. The van der Waals surface area contributed by atoms with Crippen LogP contribution in [0.3, 0.4) is 0 Å². The number of rotatable bonds is 3. The lowest BCUT2D eigenvalue weighted by Crippen LogP contribution is -2.03. The molecular formula is C17H16N4O2. The number of nitrogen functional groups attached to an aromatic ring is 1. The van der Waals surface area contributed by atoms with E-state index in [4.69, 9.17) is 10.5 Å². The lowest BCUT2D eigenvalue weighted by atomic mass is 9.97. The summed E-state index contributed by atoms with van der Waals surface area (Å²) in [6.45, 7) is 0. The number of nitrogens with zero attached hydrogens (tertiary/aromatic N) is 3. The largest absolute Gasteiger partial charge is 0.465 e. The molecule has 6 heteroatoms. The molecule has 0 fully saturated rings. The third kappa shape index (κ3) is 2.78. The number of methoxy groups -OCH3 is 1. The van der Waals surface area contributed by atoms with Gasteiger partial charge in [0.05, 0.1) is 12.7 Å². The van der Waals surface area contributed by atoms with Crippen LogP contribution in [0.1, 0.15) is 10.4 Å². The molecule has 2 aromatic carbocycles. The molecule has 3 aromatic rings. The van der Waals surface area contributed by atoms with E-state index in [0.29, 0.717) is 11.3 Å². The second-order valence-electron chi connectivity index (χ2n) is 5.15. The Balaban J connectivity index is 2.19. The van der Waals surface area contributed by atoms with Crippen LogP contribution in [0.4, 0.5) is 5.69 Å². The molecule has 0 aliphatic rings. The molecule has 0 atom stereocenters. The van der Waals surface area contributed by atoms with Gasteiger partial charge in [-0.2, -0.15) is 0 Å². The summed E-state index contributed by atoms with van der Waals surface area (Å²) in [4.78, 5) is 11.8. The molecule has 0 saturated heterocycles. The van der Waals surface area contributed by atoms with Crippen molar-refractivity contribution in [1.29, 1.82) is 0 Å². The highest BCUT2D eigenvalue weighted by atomic mass is 16.5. The number of carbonyl (C=O) groups is 1. The second kappa shape index (κ2) is 5.92. The van der Waals surface area contributed by atoms with Crippen molar-refractivity contribution in [3.8, 4) is 22.5 Å². The highest BCUT2D eigenvalue weighted by molar-refractivity contribution is 5.93. The van der Waals surface area contributed by atoms with E-state index in [9.17, 15) is 4.79 Å². The molecule has 0 unspecified atom stereocenters. The number of carbonyl (C=O) groups excluding carboxylic acids is 1. The Morgan fingerprint density at radius 2 is 1.91 bits per heavy atom. The van der Waals surface area contributed by atoms with Gasteiger partial charge in [-0.15, -0.1) is 10.2 Å². The van der Waals surface area contributed by atoms with Crippen molar-refractivity contribution in [3.63, 3.8) is 0 Å². The van der Waals surface area contributed by atoms with E-state index >= 15 is 0 Å².